The lowest BCUT2D eigenvalue weighted by molar-refractivity contribution is 0.278. The summed E-state index contributed by atoms with van der Waals surface area (Å²) in [4.78, 5) is 8.08. The minimum Gasteiger partial charge on any atom is -0.390 e. The van der Waals surface area contributed by atoms with Crippen molar-refractivity contribution in [3.63, 3.8) is 0 Å². The molecule has 2 N–H and O–H groups in total. The number of nitrogens with one attached hydrogen (secondary N) is 1. The first-order chi connectivity index (χ1) is 12.0. The number of hydrogen-bond donors (Lipinski definition) is 2. The molecule has 0 aliphatic heterocycles. The van der Waals surface area contributed by atoms with Crippen LogP contribution in [0.15, 0.2) is 42.5 Å². The molecule has 2 aromatic heterocycles. The van der Waals surface area contributed by atoms with Gasteiger partial charge in [0, 0.05) is 21.5 Å². The standard InChI is InChI=1S/C21H21ClN2O/c1-4-5-6-7-17-14(3)16(22)11-19(23-17)21-15-10-13(2)8-9-18(15)24-20(21)12-25/h4-11,24-25H,12H2,1-3H3/b5-4-,7-6-. The summed E-state index contributed by atoms with van der Waals surface area (Å²) in [5, 5.41) is 11.5. The van der Waals surface area contributed by atoms with E-state index < -0.39 is 0 Å². The molecule has 0 saturated carbocycles. The highest BCUT2D eigenvalue weighted by Crippen LogP contribution is 2.34. The molecule has 2 heterocycles. The van der Waals surface area contributed by atoms with Crippen LogP contribution in [-0.4, -0.2) is 15.1 Å². The molecule has 0 spiro atoms. The summed E-state index contributed by atoms with van der Waals surface area (Å²) in [6, 6.07) is 8.04. The van der Waals surface area contributed by atoms with E-state index in [-0.39, 0.29) is 6.61 Å². The van der Waals surface area contributed by atoms with E-state index in [1.54, 1.807) is 0 Å². The Morgan fingerprint density at radius 1 is 1.20 bits per heavy atom. The van der Waals surface area contributed by atoms with Crippen molar-refractivity contribution in [2.75, 3.05) is 0 Å². The number of aromatic amines is 1. The number of aliphatic hydroxyl groups is 1. The van der Waals surface area contributed by atoms with E-state index in [2.05, 4.69) is 18.0 Å². The Bertz CT molecular complexity index is 983. The molecule has 0 radical (unpaired) electrons. The Kier molecular flexibility index (Phi) is 5.07. The van der Waals surface area contributed by atoms with Gasteiger partial charge >= 0.3 is 0 Å². The number of halogens is 1. The van der Waals surface area contributed by atoms with Gasteiger partial charge in [-0.3, -0.25) is 0 Å². The molecule has 0 bridgehead atoms. The van der Waals surface area contributed by atoms with Crippen molar-refractivity contribution in [1.82, 2.24) is 9.97 Å². The summed E-state index contributed by atoms with van der Waals surface area (Å²) in [5.74, 6) is 0. The fourth-order valence-corrected chi connectivity index (χ4v) is 3.12. The first-order valence-electron chi connectivity index (χ1n) is 8.24. The number of benzene rings is 1. The maximum Gasteiger partial charge on any atom is 0.0838 e. The molecule has 25 heavy (non-hydrogen) atoms. The number of fused-ring (bicyclic) bond motifs is 1. The van der Waals surface area contributed by atoms with Crippen molar-refractivity contribution in [2.45, 2.75) is 27.4 Å². The summed E-state index contributed by atoms with van der Waals surface area (Å²) in [6.45, 7) is 5.90. The molecule has 128 valence electrons. The van der Waals surface area contributed by atoms with Crippen LogP contribution in [0.2, 0.25) is 5.02 Å². The van der Waals surface area contributed by atoms with Crippen LogP contribution in [0.25, 0.3) is 28.2 Å². The Morgan fingerprint density at radius 2 is 2.00 bits per heavy atom. The second kappa shape index (κ2) is 7.26. The zero-order valence-corrected chi connectivity index (χ0v) is 15.4. The van der Waals surface area contributed by atoms with Crippen molar-refractivity contribution in [3.8, 4) is 11.3 Å². The number of aliphatic hydroxyl groups excluding tert-OH is 1. The second-order valence-electron chi connectivity index (χ2n) is 6.07. The van der Waals surface area contributed by atoms with Crippen LogP contribution < -0.4 is 0 Å². The first-order valence-corrected chi connectivity index (χ1v) is 8.62. The first kappa shape index (κ1) is 17.5. The maximum absolute atomic E-state index is 9.80. The van der Waals surface area contributed by atoms with E-state index >= 15 is 0 Å². The molecule has 3 aromatic rings. The van der Waals surface area contributed by atoms with Gasteiger partial charge in [0.15, 0.2) is 0 Å². The van der Waals surface area contributed by atoms with Crippen molar-refractivity contribution < 1.29 is 5.11 Å². The smallest absolute Gasteiger partial charge is 0.0838 e. The lowest BCUT2D eigenvalue weighted by Gasteiger charge is -2.09. The van der Waals surface area contributed by atoms with Crippen LogP contribution in [0.3, 0.4) is 0 Å². The lowest BCUT2D eigenvalue weighted by atomic mass is 10.0. The Labute approximate surface area is 152 Å². The molecule has 4 heteroatoms. The topological polar surface area (TPSA) is 48.9 Å². The summed E-state index contributed by atoms with van der Waals surface area (Å²) < 4.78 is 0. The van der Waals surface area contributed by atoms with Crippen molar-refractivity contribution in [2.24, 2.45) is 0 Å². The number of nitrogens with zero attached hydrogens (tertiary/aromatic N) is 1. The van der Waals surface area contributed by atoms with Crippen LogP contribution >= 0.6 is 11.6 Å². The number of allylic oxidation sites excluding steroid dienone is 3. The van der Waals surface area contributed by atoms with Crippen LogP contribution in [0.5, 0.6) is 0 Å². The van der Waals surface area contributed by atoms with Crippen LogP contribution in [-0.2, 0) is 6.61 Å². The van der Waals surface area contributed by atoms with Crippen molar-refractivity contribution >= 4 is 28.6 Å². The maximum atomic E-state index is 9.80. The minimum absolute atomic E-state index is 0.0834. The molecule has 3 rings (SSSR count). The predicted octanol–water partition coefficient (Wildman–Crippen LogP) is 5.58. The normalized spacial score (nSPS) is 12.0. The Hall–Kier alpha value is -2.36. The predicted molar refractivity (Wildman–Crippen MR) is 106 cm³/mol. The third-order valence-electron chi connectivity index (χ3n) is 4.25. The fraction of sp³-hybridized carbons (Fsp3) is 0.190. The molecule has 0 unspecified atom stereocenters. The molecule has 0 saturated heterocycles. The summed E-state index contributed by atoms with van der Waals surface area (Å²) in [6.07, 6.45) is 7.81. The SMILES string of the molecule is C/C=C\C=C/c1nc(-c2c(CO)[nH]c3ccc(C)cc23)cc(Cl)c1C. The number of rotatable bonds is 4. The zero-order chi connectivity index (χ0) is 18.0. The average molecular weight is 353 g/mol. The van der Waals surface area contributed by atoms with Crippen LogP contribution in [0.1, 0.15) is 29.4 Å². The Balaban J connectivity index is 2.26. The van der Waals surface area contributed by atoms with Gasteiger partial charge in [-0.15, -0.1) is 0 Å². The van der Waals surface area contributed by atoms with Crippen molar-refractivity contribution in [3.05, 3.63) is 70.0 Å². The molecule has 0 amide bonds. The monoisotopic (exact) mass is 352 g/mol. The molecular formula is C21H21ClN2O. The van der Waals surface area contributed by atoms with Gasteiger partial charge in [-0.25, -0.2) is 4.98 Å². The third-order valence-corrected chi connectivity index (χ3v) is 4.64. The summed E-state index contributed by atoms with van der Waals surface area (Å²) in [7, 11) is 0. The molecule has 0 aliphatic carbocycles. The Morgan fingerprint density at radius 3 is 2.72 bits per heavy atom. The zero-order valence-electron chi connectivity index (χ0n) is 14.6. The van der Waals surface area contributed by atoms with Crippen molar-refractivity contribution in [1.29, 1.82) is 0 Å². The molecule has 1 aromatic carbocycles. The third kappa shape index (κ3) is 3.39. The largest absolute Gasteiger partial charge is 0.390 e. The quantitative estimate of drug-likeness (QED) is 0.602. The van der Waals surface area contributed by atoms with Gasteiger partial charge in [-0.1, -0.05) is 41.5 Å². The summed E-state index contributed by atoms with van der Waals surface area (Å²) >= 11 is 6.46. The molecular weight excluding hydrogens is 332 g/mol. The van der Waals surface area contributed by atoms with E-state index in [4.69, 9.17) is 16.6 Å². The number of pyridine rings is 1. The lowest BCUT2D eigenvalue weighted by Crippen LogP contribution is -1.95. The van der Waals surface area contributed by atoms with E-state index in [1.807, 2.05) is 56.4 Å². The van der Waals surface area contributed by atoms with E-state index in [0.717, 1.165) is 44.7 Å². The van der Waals surface area contributed by atoms with E-state index in [9.17, 15) is 5.11 Å². The van der Waals surface area contributed by atoms with Crippen LogP contribution in [0.4, 0.5) is 0 Å². The highest BCUT2D eigenvalue weighted by molar-refractivity contribution is 6.31. The van der Waals surface area contributed by atoms with Gasteiger partial charge in [0.1, 0.15) is 0 Å². The number of hydrogen-bond acceptors (Lipinski definition) is 2. The number of H-pyrrole nitrogens is 1. The van der Waals surface area contributed by atoms with Gasteiger partial charge in [-0.05, 0) is 50.6 Å². The molecule has 0 fully saturated rings. The van der Waals surface area contributed by atoms with Gasteiger partial charge in [0.05, 0.1) is 23.7 Å². The molecule has 3 nitrogen and oxygen atoms in total. The molecule has 0 atom stereocenters. The van der Waals surface area contributed by atoms with Gasteiger partial charge in [-0.2, -0.15) is 0 Å². The highest BCUT2D eigenvalue weighted by atomic mass is 35.5. The number of aromatic nitrogens is 2. The van der Waals surface area contributed by atoms with Gasteiger partial charge in [0.25, 0.3) is 0 Å². The highest BCUT2D eigenvalue weighted by Gasteiger charge is 2.16. The molecule has 0 aliphatic rings. The minimum atomic E-state index is -0.0834. The number of aryl methyl sites for hydroxylation is 1. The average Bonchev–Trinajstić information content (AvgIpc) is 2.96. The second-order valence-corrected chi connectivity index (χ2v) is 6.48. The van der Waals surface area contributed by atoms with E-state index in [1.165, 1.54) is 0 Å². The van der Waals surface area contributed by atoms with Crippen LogP contribution in [0, 0.1) is 13.8 Å². The summed E-state index contributed by atoms with van der Waals surface area (Å²) in [5.41, 5.74) is 6.31. The van der Waals surface area contributed by atoms with Gasteiger partial charge in [0.2, 0.25) is 0 Å². The van der Waals surface area contributed by atoms with E-state index in [0.29, 0.717) is 5.02 Å². The van der Waals surface area contributed by atoms with Gasteiger partial charge < -0.3 is 10.1 Å². The fourth-order valence-electron chi connectivity index (χ4n) is 2.92.